The number of methoxy groups -OCH3 is 1. The third kappa shape index (κ3) is 4.99. The van der Waals surface area contributed by atoms with E-state index in [2.05, 4.69) is 6.07 Å². The molecule has 1 atom stereocenters. The lowest BCUT2D eigenvalue weighted by Gasteiger charge is -2.43. The molecule has 0 radical (unpaired) electrons. The van der Waals surface area contributed by atoms with Crippen molar-refractivity contribution in [2.45, 2.75) is 57.5 Å². The highest BCUT2D eigenvalue weighted by Gasteiger charge is 2.44. The number of ketones is 1. The van der Waals surface area contributed by atoms with Crippen LogP contribution in [0.25, 0.3) is 0 Å². The van der Waals surface area contributed by atoms with E-state index in [1.165, 1.54) is 19.2 Å². The van der Waals surface area contributed by atoms with Crippen LogP contribution in [0, 0.1) is 16.7 Å². The number of nitrogens with zero attached hydrogens (tertiary/aromatic N) is 2. The van der Waals surface area contributed by atoms with Crippen LogP contribution in [0.4, 0.5) is 5.69 Å². The predicted octanol–water partition coefficient (Wildman–Crippen LogP) is 4.07. The number of benzene rings is 2. The molecule has 1 heterocycles. The summed E-state index contributed by atoms with van der Waals surface area (Å²) in [6, 6.07) is 13.5. The number of hydrogen-bond acceptors (Lipinski definition) is 8. The number of allylic oxidation sites excluding steroid dienone is 3. The predicted molar refractivity (Wildman–Crippen MR) is 144 cm³/mol. The summed E-state index contributed by atoms with van der Waals surface area (Å²) >= 11 is 0. The van der Waals surface area contributed by atoms with Gasteiger partial charge in [0.25, 0.3) is 0 Å². The van der Waals surface area contributed by atoms with E-state index in [-0.39, 0.29) is 33.6 Å². The number of nitrogens with two attached hydrogens (primary N) is 2. The van der Waals surface area contributed by atoms with Crippen molar-refractivity contribution < 1.29 is 22.7 Å². The van der Waals surface area contributed by atoms with Crippen LogP contribution in [0.15, 0.2) is 70.0 Å². The second-order valence-electron chi connectivity index (χ2n) is 10.6. The third-order valence-corrected chi connectivity index (χ3v) is 7.62. The number of primary sulfonamides is 1. The zero-order valence-corrected chi connectivity index (χ0v) is 22.9. The second-order valence-corrected chi connectivity index (χ2v) is 12.2. The Morgan fingerprint density at radius 2 is 1.76 bits per heavy atom. The van der Waals surface area contributed by atoms with Gasteiger partial charge in [0.05, 0.1) is 35.7 Å². The average Bonchev–Trinajstić information content (AvgIpc) is 2.82. The Morgan fingerprint density at radius 1 is 1.11 bits per heavy atom. The minimum atomic E-state index is -3.90. The van der Waals surface area contributed by atoms with E-state index >= 15 is 0 Å². The molecule has 4 rings (SSSR count). The van der Waals surface area contributed by atoms with Gasteiger partial charge in [-0.15, -0.1) is 0 Å². The number of anilines is 1. The Kier molecular flexibility index (Phi) is 7.03. The van der Waals surface area contributed by atoms with Gasteiger partial charge in [-0.2, -0.15) is 5.26 Å². The van der Waals surface area contributed by atoms with Crippen molar-refractivity contribution in [2.24, 2.45) is 16.3 Å². The van der Waals surface area contributed by atoms with E-state index in [1.807, 2.05) is 33.8 Å². The molecule has 9 nitrogen and oxygen atoms in total. The van der Waals surface area contributed by atoms with Crippen molar-refractivity contribution in [1.82, 2.24) is 0 Å². The van der Waals surface area contributed by atoms with Crippen molar-refractivity contribution in [3.8, 4) is 17.6 Å². The van der Waals surface area contributed by atoms with E-state index in [9.17, 15) is 18.5 Å². The lowest BCUT2D eigenvalue weighted by molar-refractivity contribution is -0.118. The highest BCUT2D eigenvalue weighted by molar-refractivity contribution is 7.89. The quantitative estimate of drug-likeness (QED) is 0.561. The zero-order valence-electron chi connectivity index (χ0n) is 22.1. The van der Waals surface area contributed by atoms with Crippen LogP contribution in [0.3, 0.4) is 0 Å². The van der Waals surface area contributed by atoms with Gasteiger partial charge in [0.15, 0.2) is 17.3 Å². The summed E-state index contributed by atoms with van der Waals surface area (Å²) in [5.41, 5.74) is 8.90. The van der Waals surface area contributed by atoms with Gasteiger partial charge in [-0.25, -0.2) is 13.6 Å². The molecule has 2 aromatic carbocycles. The largest absolute Gasteiger partial charge is 0.493 e. The van der Waals surface area contributed by atoms with Gasteiger partial charge in [-0.1, -0.05) is 19.9 Å². The van der Waals surface area contributed by atoms with Crippen LogP contribution in [0.5, 0.6) is 11.5 Å². The Balaban J connectivity index is 1.94. The molecule has 0 saturated carbocycles. The van der Waals surface area contributed by atoms with Crippen molar-refractivity contribution in [2.75, 3.05) is 12.0 Å². The molecule has 2 aromatic rings. The fourth-order valence-electron chi connectivity index (χ4n) is 5.14. The summed E-state index contributed by atoms with van der Waals surface area (Å²) < 4.78 is 35.0. The fraction of sp³-hybridized carbons (Fsp3) is 0.357. The maximum atomic E-state index is 13.7. The molecule has 4 N–H and O–H groups in total. The Bertz CT molecular complexity index is 1500. The SMILES string of the molecule is COc1cc([C@@H]2C(C#N)=C(N)N(c3ccc(S(N)(=O)=O)cc3)C3=C2C(=O)CC(C)(C)C3)ccc1OC(C)C. The molecule has 38 heavy (non-hydrogen) atoms. The molecule has 0 amide bonds. The van der Waals surface area contributed by atoms with Gasteiger partial charge in [-0.3, -0.25) is 9.69 Å². The van der Waals surface area contributed by atoms with Gasteiger partial charge in [-0.05, 0) is 67.6 Å². The van der Waals surface area contributed by atoms with Crippen LogP contribution >= 0.6 is 0 Å². The molecule has 0 unspecified atom stereocenters. The summed E-state index contributed by atoms with van der Waals surface area (Å²) in [7, 11) is -2.36. The number of ether oxygens (including phenoxy) is 2. The molecule has 0 saturated heterocycles. The van der Waals surface area contributed by atoms with Crippen molar-refractivity contribution >= 4 is 21.5 Å². The monoisotopic (exact) mass is 536 g/mol. The topological polar surface area (TPSA) is 149 Å². The van der Waals surface area contributed by atoms with Gasteiger partial charge >= 0.3 is 0 Å². The smallest absolute Gasteiger partial charge is 0.238 e. The number of rotatable bonds is 6. The molecular formula is C28H32N4O5S. The van der Waals surface area contributed by atoms with E-state index in [1.54, 1.807) is 29.2 Å². The Morgan fingerprint density at radius 3 is 2.32 bits per heavy atom. The molecule has 10 heteroatoms. The van der Waals surface area contributed by atoms with Crippen molar-refractivity contribution in [1.29, 1.82) is 5.26 Å². The van der Waals surface area contributed by atoms with Gasteiger partial charge in [0.1, 0.15) is 5.82 Å². The Labute approximate surface area is 223 Å². The minimum absolute atomic E-state index is 0.0516. The Hall–Kier alpha value is -3.81. The van der Waals surface area contributed by atoms with Gasteiger partial charge < -0.3 is 15.2 Å². The summed E-state index contributed by atoms with van der Waals surface area (Å²) in [6.07, 6.45) is 0.762. The highest BCUT2D eigenvalue weighted by atomic mass is 32.2. The fourth-order valence-corrected chi connectivity index (χ4v) is 5.65. The maximum absolute atomic E-state index is 13.7. The number of carbonyl (C=O) groups excluding carboxylic acids is 1. The van der Waals surface area contributed by atoms with Crippen LogP contribution in [0.2, 0.25) is 0 Å². The lowest BCUT2D eigenvalue weighted by atomic mass is 9.68. The summed E-state index contributed by atoms with van der Waals surface area (Å²) in [6.45, 7) is 7.84. The highest BCUT2D eigenvalue weighted by Crippen LogP contribution is 2.51. The first kappa shape index (κ1) is 27.2. The molecule has 2 aliphatic rings. The van der Waals surface area contributed by atoms with E-state index in [0.29, 0.717) is 46.9 Å². The molecule has 200 valence electrons. The second kappa shape index (κ2) is 9.82. The van der Waals surface area contributed by atoms with E-state index in [4.69, 9.17) is 20.3 Å². The lowest BCUT2D eigenvalue weighted by Crippen LogP contribution is -2.42. The number of nitriles is 1. The standard InChI is InChI=1S/C28H32N4O5S/c1-16(2)37-23-11-6-17(12-24(23)36-5)25-20(15-29)27(30)32(18-7-9-19(10-8-18)38(31,34)35)21-13-28(3,4)14-22(33)26(21)25/h6-12,16,25H,13-14,30H2,1-5H3,(H2,31,34,35)/t25-/m1/s1. The van der Waals surface area contributed by atoms with Crippen LogP contribution in [0.1, 0.15) is 52.0 Å². The normalized spacial score (nSPS) is 19.4. The molecule has 1 aliphatic heterocycles. The first-order valence-corrected chi connectivity index (χ1v) is 13.8. The number of Topliss-reactive ketones (excluding diaryl/α,β-unsaturated/α-hetero) is 1. The molecular weight excluding hydrogens is 504 g/mol. The number of carbonyl (C=O) groups is 1. The van der Waals surface area contributed by atoms with Crippen LogP contribution in [-0.2, 0) is 14.8 Å². The van der Waals surface area contributed by atoms with E-state index < -0.39 is 15.9 Å². The average molecular weight is 537 g/mol. The van der Waals surface area contributed by atoms with Crippen LogP contribution < -0.4 is 25.2 Å². The van der Waals surface area contributed by atoms with Crippen molar-refractivity contribution in [3.05, 3.63) is 70.7 Å². The maximum Gasteiger partial charge on any atom is 0.238 e. The first-order valence-electron chi connectivity index (χ1n) is 12.2. The van der Waals surface area contributed by atoms with E-state index in [0.717, 1.165) is 0 Å². The first-order chi connectivity index (χ1) is 17.8. The van der Waals surface area contributed by atoms with Gasteiger partial charge in [0, 0.05) is 23.4 Å². The summed E-state index contributed by atoms with van der Waals surface area (Å²) in [5.74, 6) is 0.444. The molecule has 0 spiro atoms. The summed E-state index contributed by atoms with van der Waals surface area (Å²) in [5, 5.41) is 15.6. The number of sulfonamides is 1. The van der Waals surface area contributed by atoms with Crippen LogP contribution in [-0.4, -0.2) is 27.4 Å². The molecule has 0 bridgehead atoms. The molecule has 0 aromatic heterocycles. The van der Waals surface area contributed by atoms with Gasteiger partial charge in [0.2, 0.25) is 10.0 Å². The minimum Gasteiger partial charge on any atom is -0.493 e. The third-order valence-electron chi connectivity index (χ3n) is 6.69. The zero-order chi connectivity index (χ0) is 28.0. The summed E-state index contributed by atoms with van der Waals surface area (Å²) in [4.78, 5) is 15.3. The van der Waals surface area contributed by atoms with Crippen molar-refractivity contribution in [3.63, 3.8) is 0 Å². The molecule has 1 aliphatic carbocycles. The number of hydrogen-bond donors (Lipinski definition) is 2. The molecule has 0 fully saturated rings.